The van der Waals surface area contributed by atoms with Crippen molar-refractivity contribution in [2.45, 2.75) is 32.1 Å². The van der Waals surface area contributed by atoms with Crippen LogP contribution in [0.5, 0.6) is 0 Å². The van der Waals surface area contributed by atoms with Crippen LogP contribution in [0.15, 0.2) is 41.3 Å². The molecule has 0 unspecified atom stereocenters. The van der Waals surface area contributed by atoms with Gasteiger partial charge in [0.2, 0.25) is 10.0 Å². The fraction of sp³-hybridized carbons (Fsp3) is 0.375. The summed E-state index contributed by atoms with van der Waals surface area (Å²) in [7, 11) is -3.45. The van der Waals surface area contributed by atoms with Crippen LogP contribution in [0.2, 0.25) is 0 Å². The van der Waals surface area contributed by atoms with Crippen LogP contribution in [-0.2, 0) is 10.0 Å². The molecule has 20 heavy (non-hydrogen) atoms. The maximum Gasteiger partial charge on any atom is 0.243 e. The number of allylic oxidation sites excluding steroid dienone is 2. The zero-order valence-corrected chi connectivity index (χ0v) is 13.1. The zero-order chi connectivity index (χ0) is 15.0. The molecular weight excluding hydrogens is 270 g/mol. The average Bonchev–Trinajstić information content (AvgIpc) is 2.43. The Bertz CT molecular complexity index is 604. The van der Waals surface area contributed by atoms with Crippen molar-refractivity contribution in [3.8, 4) is 11.8 Å². The molecule has 1 aromatic rings. The molecule has 0 aliphatic carbocycles. The molecule has 0 aliphatic rings. The van der Waals surface area contributed by atoms with Crippen molar-refractivity contribution in [3.63, 3.8) is 0 Å². The highest BCUT2D eigenvalue weighted by atomic mass is 32.2. The van der Waals surface area contributed by atoms with Crippen LogP contribution in [0.4, 0.5) is 0 Å². The van der Waals surface area contributed by atoms with Gasteiger partial charge in [-0.05, 0) is 31.6 Å². The summed E-state index contributed by atoms with van der Waals surface area (Å²) < 4.78 is 26.2. The molecule has 0 atom stereocenters. The van der Waals surface area contributed by atoms with Gasteiger partial charge < -0.3 is 0 Å². The summed E-state index contributed by atoms with van der Waals surface area (Å²) in [5, 5.41) is 0. The first-order valence-corrected chi connectivity index (χ1v) is 8.16. The van der Waals surface area contributed by atoms with Gasteiger partial charge in [0, 0.05) is 6.54 Å². The van der Waals surface area contributed by atoms with E-state index in [2.05, 4.69) is 11.8 Å². The Kier molecular flexibility index (Phi) is 6.50. The lowest BCUT2D eigenvalue weighted by atomic mass is 10.2. The van der Waals surface area contributed by atoms with Crippen molar-refractivity contribution in [3.05, 3.63) is 42.0 Å². The van der Waals surface area contributed by atoms with Gasteiger partial charge in [0.15, 0.2) is 0 Å². The summed E-state index contributed by atoms with van der Waals surface area (Å²) in [6, 6.07) is 6.88. The Morgan fingerprint density at radius 1 is 1.20 bits per heavy atom. The molecule has 0 saturated heterocycles. The topological polar surface area (TPSA) is 37.4 Å². The van der Waals surface area contributed by atoms with E-state index in [1.807, 2.05) is 26.8 Å². The van der Waals surface area contributed by atoms with E-state index >= 15 is 0 Å². The third-order valence-corrected chi connectivity index (χ3v) is 4.74. The van der Waals surface area contributed by atoms with Gasteiger partial charge in [-0.25, -0.2) is 8.42 Å². The molecule has 0 radical (unpaired) electrons. The molecule has 3 nitrogen and oxygen atoms in total. The molecule has 0 heterocycles. The van der Waals surface area contributed by atoms with Gasteiger partial charge in [0.25, 0.3) is 0 Å². The molecule has 0 aliphatic heterocycles. The van der Waals surface area contributed by atoms with Crippen molar-refractivity contribution in [2.75, 3.05) is 13.1 Å². The van der Waals surface area contributed by atoms with Gasteiger partial charge >= 0.3 is 0 Å². The lowest BCUT2D eigenvalue weighted by Gasteiger charge is -2.17. The number of hydrogen-bond donors (Lipinski definition) is 0. The van der Waals surface area contributed by atoms with Gasteiger partial charge in [-0.3, -0.25) is 0 Å². The predicted molar refractivity (Wildman–Crippen MR) is 82.8 cm³/mol. The molecule has 0 aromatic heterocycles. The molecule has 1 rings (SSSR count). The first-order valence-electron chi connectivity index (χ1n) is 6.72. The Morgan fingerprint density at radius 3 is 2.40 bits per heavy atom. The molecule has 0 saturated carbocycles. The van der Waals surface area contributed by atoms with Crippen LogP contribution in [0.25, 0.3) is 0 Å². The maximum absolute atomic E-state index is 12.4. The maximum atomic E-state index is 12.4. The molecule has 0 amide bonds. The quantitative estimate of drug-likeness (QED) is 0.782. The minimum Gasteiger partial charge on any atom is -0.207 e. The molecule has 0 fully saturated rings. The Labute approximate surface area is 122 Å². The van der Waals surface area contributed by atoms with E-state index in [1.165, 1.54) is 4.31 Å². The monoisotopic (exact) mass is 291 g/mol. The van der Waals surface area contributed by atoms with E-state index in [1.54, 1.807) is 30.3 Å². The number of nitrogens with zero attached hydrogens (tertiary/aromatic N) is 1. The Morgan fingerprint density at radius 2 is 1.85 bits per heavy atom. The number of sulfonamides is 1. The number of aryl methyl sites for hydroxylation is 1. The van der Waals surface area contributed by atoms with E-state index in [-0.39, 0.29) is 6.54 Å². The second-order valence-electron chi connectivity index (χ2n) is 4.38. The largest absolute Gasteiger partial charge is 0.243 e. The number of rotatable bonds is 5. The zero-order valence-electron chi connectivity index (χ0n) is 12.3. The van der Waals surface area contributed by atoms with E-state index in [0.29, 0.717) is 11.4 Å². The van der Waals surface area contributed by atoms with Gasteiger partial charge in [0.1, 0.15) is 0 Å². The normalized spacial score (nSPS) is 11.6. The number of benzene rings is 1. The lowest BCUT2D eigenvalue weighted by molar-refractivity contribution is 0.464. The van der Waals surface area contributed by atoms with Crippen molar-refractivity contribution in [2.24, 2.45) is 0 Å². The lowest BCUT2D eigenvalue weighted by Crippen LogP contribution is -2.31. The van der Waals surface area contributed by atoms with Crippen molar-refractivity contribution in [1.82, 2.24) is 4.31 Å². The van der Waals surface area contributed by atoms with Crippen LogP contribution in [0.1, 0.15) is 25.8 Å². The van der Waals surface area contributed by atoms with Crippen LogP contribution < -0.4 is 0 Å². The van der Waals surface area contributed by atoms with Crippen LogP contribution in [0, 0.1) is 18.8 Å². The smallest absolute Gasteiger partial charge is 0.207 e. The van der Waals surface area contributed by atoms with Crippen LogP contribution in [0.3, 0.4) is 0 Å². The van der Waals surface area contributed by atoms with E-state index in [0.717, 1.165) is 12.0 Å². The average molecular weight is 291 g/mol. The summed E-state index contributed by atoms with van der Waals surface area (Å²) in [6.07, 6.45) is 4.62. The highest BCUT2D eigenvalue weighted by Gasteiger charge is 2.21. The standard InChI is InChI=1S/C16H21NO2S/c1-4-6-7-8-9-14-17(5-2)20(18,19)16-12-10-15(3)11-13-16/h6-7,10-13H,4-5,14H2,1-3H3/b7-6-. The van der Waals surface area contributed by atoms with Gasteiger partial charge in [-0.15, -0.1) is 0 Å². The minimum atomic E-state index is -3.45. The Balaban J connectivity index is 2.89. The minimum absolute atomic E-state index is 0.209. The van der Waals surface area contributed by atoms with Crippen molar-refractivity contribution < 1.29 is 8.42 Å². The summed E-state index contributed by atoms with van der Waals surface area (Å²) in [6.45, 7) is 6.39. The van der Waals surface area contributed by atoms with Gasteiger partial charge in [-0.1, -0.05) is 49.5 Å². The number of hydrogen-bond acceptors (Lipinski definition) is 2. The molecule has 108 valence electrons. The summed E-state index contributed by atoms with van der Waals surface area (Å²) >= 11 is 0. The molecule has 1 aromatic carbocycles. The first-order chi connectivity index (χ1) is 9.52. The molecule has 4 heteroatoms. The van der Waals surface area contributed by atoms with Crippen molar-refractivity contribution in [1.29, 1.82) is 0 Å². The fourth-order valence-corrected chi connectivity index (χ4v) is 2.95. The van der Waals surface area contributed by atoms with Crippen LogP contribution in [-0.4, -0.2) is 25.8 Å². The van der Waals surface area contributed by atoms with Gasteiger partial charge in [-0.2, -0.15) is 4.31 Å². The highest BCUT2D eigenvalue weighted by molar-refractivity contribution is 7.89. The van der Waals surface area contributed by atoms with Crippen molar-refractivity contribution >= 4 is 10.0 Å². The summed E-state index contributed by atoms with van der Waals surface area (Å²) in [5.74, 6) is 5.72. The van der Waals surface area contributed by atoms with Crippen LogP contribution >= 0.6 is 0 Å². The third kappa shape index (κ3) is 4.52. The highest BCUT2D eigenvalue weighted by Crippen LogP contribution is 2.15. The first kappa shape index (κ1) is 16.5. The Hall–Kier alpha value is -1.57. The molecular formula is C16H21NO2S. The molecule has 0 N–H and O–H groups in total. The fourth-order valence-electron chi connectivity index (χ4n) is 1.60. The summed E-state index contributed by atoms with van der Waals surface area (Å²) in [5.41, 5.74) is 1.04. The van der Waals surface area contributed by atoms with E-state index < -0.39 is 10.0 Å². The van der Waals surface area contributed by atoms with E-state index in [9.17, 15) is 8.42 Å². The van der Waals surface area contributed by atoms with Gasteiger partial charge in [0.05, 0.1) is 11.4 Å². The third-order valence-electron chi connectivity index (χ3n) is 2.81. The second-order valence-corrected chi connectivity index (χ2v) is 6.31. The predicted octanol–water partition coefficient (Wildman–Crippen LogP) is 2.98. The molecule has 0 spiro atoms. The second kappa shape index (κ2) is 7.88. The molecule has 0 bridgehead atoms. The SMILES string of the molecule is CC/C=C\C#CCN(CC)S(=O)(=O)c1ccc(C)cc1. The van der Waals surface area contributed by atoms with E-state index in [4.69, 9.17) is 0 Å². The summed E-state index contributed by atoms with van der Waals surface area (Å²) in [4.78, 5) is 0.316.